The maximum absolute atomic E-state index is 14.1. The van der Waals surface area contributed by atoms with Crippen LogP contribution < -0.4 is 4.74 Å². The van der Waals surface area contributed by atoms with Crippen molar-refractivity contribution in [1.29, 1.82) is 0 Å². The Bertz CT molecular complexity index is 802. The van der Waals surface area contributed by atoms with E-state index in [1.807, 2.05) is 0 Å². The average Bonchev–Trinajstić information content (AvgIpc) is 3.16. The second-order valence-electron chi connectivity index (χ2n) is 4.69. The maximum atomic E-state index is 14.1. The normalized spacial score (nSPS) is 15.2. The molecule has 0 radical (unpaired) electrons. The fraction of sp³-hybridized carbons (Fsp3) is 0.333. The SMILES string of the molecule is COc1ccc(-c2nnc(S(=O)(=O)Cl)n2C2CC2)c(F)c1. The number of aromatic nitrogens is 3. The fourth-order valence-electron chi connectivity index (χ4n) is 2.09. The molecule has 0 atom stereocenters. The van der Waals surface area contributed by atoms with Crippen molar-refractivity contribution in [1.82, 2.24) is 14.8 Å². The predicted molar refractivity (Wildman–Crippen MR) is 73.3 cm³/mol. The first kappa shape index (κ1) is 14.3. The van der Waals surface area contributed by atoms with Gasteiger partial charge >= 0.3 is 0 Å². The molecule has 1 aliphatic rings. The zero-order valence-electron chi connectivity index (χ0n) is 11.0. The summed E-state index contributed by atoms with van der Waals surface area (Å²) in [5.74, 6) is -0.0574. The summed E-state index contributed by atoms with van der Waals surface area (Å²) in [5.41, 5.74) is 0.154. The number of nitrogens with zero attached hydrogens (tertiary/aromatic N) is 3. The van der Waals surface area contributed by atoms with Crippen LogP contribution in [0.15, 0.2) is 23.4 Å². The second kappa shape index (κ2) is 4.96. The van der Waals surface area contributed by atoms with Crippen LogP contribution in [0.1, 0.15) is 18.9 Å². The summed E-state index contributed by atoms with van der Waals surface area (Å²) in [4.78, 5) is 0. The van der Waals surface area contributed by atoms with Gasteiger partial charge in [-0.1, -0.05) is 0 Å². The van der Waals surface area contributed by atoms with Crippen molar-refractivity contribution >= 4 is 19.7 Å². The van der Waals surface area contributed by atoms with E-state index in [4.69, 9.17) is 15.4 Å². The molecule has 9 heteroatoms. The van der Waals surface area contributed by atoms with Gasteiger partial charge in [0.25, 0.3) is 14.2 Å². The molecule has 1 heterocycles. The minimum atomic E-state index is -4.04. The molecule has 2 aromatic rings. The third-order valence-corrected chi connectivity index (χ3v) is 4.34. The monoisotopic (exact) mass is 331 g/mol. The first-order valence-electron chi connectivity index (χ1n) is 6.15. The van der Waals surface area contributed by atoms with Crippen LogP contribution in [0, 0.1) is 5.82 Å². The molecule has 1 aromatic heterocycles. The van der Waals surface area contributed by atoms with E-state index in [1.165, 1.54) is 23.8 Å². The van der Waals surface area contributed by atoms with E-state index >= 15 is 0 Å². The van der Waals surface area contributed by atoms with Crippen molar-refractivity contribution in [2.75, 3.05) is 7.11 Å². The summed E-state index contributed by atoms with van der Waals surface area (Å²) in [5, 5.41) is 7.05. The topological polar surface area (TPSA) is 74.1 Å². The number of rotatable bonds is 4. The van der Waals surface area contributed by atoms with E-state index in [1.54, 1.807) is 6.07 Å². The summed E-state index contributed by atoms with van der Waals surface area (Å²) < 4.78 is 43.6. The van der Waals surface area contributed by atoms with Crippen LogP contribution in [0.5, 0.6) is 5.75 Å². The summed E-state index contributed by atoms with van der Waals surface area (Å²) in [7, 11) is 2.75. The van der Waals surface area contributed by atoms with Gasteiger partial charge < -0.3 is 4.74 Å². The van der Waals surface area contributed by atoms with Crippen LogP contribution in [-0.4, -0.2) is 30.3 Å². The number of hydrogen-bond donors (Lipinski definition) is 0. The van der Waals surface area contributed by atoms with E-state index in [0.717, 1.165) is 12.8 Å². The Morgan fingerprint density at radius 2 is 2.10 bits per heavy atom. The van der Waals surface area contributed by atoms with Crippen molar-refractivity contribution in [2.24, 2.45) is 0 Å². The maximum Gasteiger partial charge on any atom is 0.296 e. The van der Waals surface area contributed by atoms with Crippen molar-refractivity contribution < 1.29 is 17.5 Å². The first-order chi connectivity index (χ1) is 9.91. The molecular formula is C12H11ClFN3O3S. The molecule has 1 fully saturated rings. The molecule has 1 saturated carbocycles. The van der Waals surface area contributed by atoms with Crippen LogP contribution in [0.3, 0.4) is 0 Å². The quantitative estimate of drug-likeness (QED) is 0.804. The van der Waals surface area contributed by atoms with E-state index in [-0.39, 0.29) is 22.6 Å². The molecule has 0 bridgehead atoms. The van der Waals surface area contributed by atoms with Gasteiger partial charge in [-0.15, -0.1) is 10.2 Å². The molecule has 0 saturated heterocycles. The highest BCUT2D eigenvalue weighted by Crippen LogP contribution is 2.41. The van der Waals surface area contributed by atoms with Gasteiger partial charge in [0, 0.05) is 22.8 Å². The first-order valence-corrected chi connectivity index (χ1v) is 8.46. The van der Waals surface area contributed by atoms with Crippen molar-refractivity contribution in [2.45, 2.75) is 24.0 Å². The number of hydrogen-bond acceptors (Lipinski definition) is 5. The molecule has 1 aromatic carbocycles. The van der Waals surface area contributed by atoms with E-state index in [9.17, 15) is 12.8 Å². The molecular weight excluding hydrogens is 321 g/mol. The van der Waals surface area contributed by atoms with Gasteiger partial charge in [0.05, 0.1) is 12.7 Å². The molecule has 1 aliphatic carbocycles. The van der Waals surface area contributed by atoms with Crippen LogP contribution in [-0.2, 0) is 9.05 Å². The van der Waals surface area contributed by atoms with Crippen molar-refractivity contribution in [3.05, 3.63) is 24.0 Å². The summed E-state index contributed by atoms with van der Waals surface area (Å²) in [6.07, 6.45) is 1.56. The molecule has 0 N–H and O–H groups in total. The minimum Gasteiger partial charge on any atom is -0.497 e. The lowest BCUT2D eigenvalue weighted by molar-refractivity contribution is 0.411. The molecule has 0 unspecified atom stereocenters. The molecule has 0 spiro atoms. The number of methoxy groups -OCH3 is 1. The molecule has 0 aliphatic heterocycles. The van der Waals surface area contributed by atoms with Crippen molar-refractivity contribution in [3.8, 4) is 17.1 Å². The highest BCUT2D eigenvalue weighted by molar-refractivity contribution is 8.13. The van der Waals surface area contributed by atoms with Crippen LogP contribution >= 0.6 is 10.7 Å². The summed E-state index contributed by atoms with van der Waals surface area (Å²) in [6, 6.07) is 4.18. The number of ether oxygens (including phenoxy) is 1. The predicted octanol–water partition coefficient (Wildman–Crippen LogP) is 2.36. The van der Waals surface area contributed by atoms with E-state index < -0.39 is 14.9 Å². The molecule has 21 heavy (non-hydrogen) atoms. The Morgan fingerprint density at radius 3 is 2.62 bits per heavy atom. The largest absolute Gasteiger partial charge is 0.497 e. The summed E-state index contributed by atoms with van der Waals surface area (Å²) in [6.45, 7) is 0. The highest BCUT2D eigenvalue weighted by atomic mass is 35.7. The molecule has 112 valence electrons. The summed E-state index contributed by atoms with van der Waals surface area (Å²) >= 11 is 0. The third-order valence-electron chi connectivity index (χ3n) is 3.21. The lowest BCUT2D eigenvalue weighted by Gasteiger charge is -2.09. The Labute approximate surface area is 124 Å². The van der Waals surface area contributed by atoms with Gasteiger partial charge in [0.15, 0.2) is 5.82 Å². The number of benzene rings is 1. The molecule has 0 amide bonds. The second-order valence-corrected chi connectivity index (χ2v) is 7.15. The Hall–Kier alpha value is -1.67. The fourth-order valence-corrected chi connectivity index (χ4v) is 3.02. The van der Waals surface area contributed by atoms with Gasteiger partial charge in [-0.3, -0.25) is 4.57 Å². The smallest absolute Gasteiger partial charge is 0.296 e. The van der Waals surface area contributed by atoms with Crippen molar-refractivity contribution in [3.63, 3.8) is 0 Å². The molecule has 3 rings (SSSR count). The Morgan fingerprint density at radius 1 is 1.38 bits per heavy atom. The van der Waals surface area contributed by atoms with Crippen LogP contribution in [0.2, 0.25) is 0 Å². The third kappa shape index (κ3) is 2.60. The number of halogens is 2. The zero-order valence-corrected chi connectivity index (χ0v) is 12.5. The van der Waals surface area contributed by atoms with E-state index in [2.05, 4.69) is 10.2 Å². The van der Waals surface area contributed by atoms with E-state index in [0.29, 0.717) is 5.75 Å². The Balaban J connectivity index is 2.17. The Kier molecular flexibility index (Phi) is 3.37. The van der Waals surface area contributed by atoms with Gasteiger partial charge in [-0.2, -0.15) is 0 Å². The lowest BCUT2D eigenvalue weighted by atomic mass is 10.2. The minimum absolute atomic E-state index is 0.0694. The standard InChI is InChI=1S/C12H11ClFN3O3S/c1-20-8-4-5-9(10(14)6-8)11-15-16-12(21(13,18)19)17(11)7-2-3-7/h4-7H,2-3H2,1H3. The van der Waals surface area contributed by atoms with Crippen LogP contribution in [0.4, 0.5) is 4.39 Å². The molecule has 6 nitrogen and oxygen atoms in total. The van der Waals surface area contributed by atoms with Gasteiger partial charge in [-0.25, -0.2) is 12.8 Å². The van der Waals surface area contributed by atoms with Crippen LogP contribution in [0.25, 0.3) is 11.4 Å². The van der Waals surface area contributed by atoms with Gasteiger partial charge in [0.1, 0.15) is 11.6 Å². The average molecular weight is 332 g/mol. The lowest BCUT2D eigenvalue weighted by Crippen LogP contribution is -2.06. The zero-order chi connectivity index (χ0) is 15.2. The van der Waals surface area contributed by atoms with Gasteiger partial charge in [0.2, 0.25) is 0 Å². The van der Waals surface area contributed by atoms with Gasteiger partial charge in [-0.05, 0) is 25.0 Å². The highest BCUT2D eigenvalue weighted by Gasteiger charge is 2.34.